The summed E-state index contributed by atoms with van der Waals surface area (Å²) in [6, 6.07) is 11.3. The van der Waals surface area contributed by atoms with Gasteiger partial charge in [-0.1, -0.05) is 31.9 Å². The van der Waals surface area contributed by atoms with Gasteiger partial charge in [-0.15, -0.1) is 0 Å². The highest BCUT2D eigenvalue weighted by Crippen LogP contribution is 2.22. The molecule has 0 aliphatic heterocycles. The Morgan fingerprint density at radius 2 is 1.87 bits per heavy atom. The highest BCUT2D eigenvalue weighted by atomic mass is 16.5. The van der Waals surface area contributed by atoms with Crippen LogP contribution in [-0.2, 0) is 11.3 Å². The summed E-state index contributed by atoms with van der Waals surface area (Å²) in [6.45, 7) is 4.24. The quantitative estimate of drug-likeness (QED) is 0.570. The summed E-state index contributed by atoms with van der Waals surface area (Å²) in [5.74, 6) is 1.48. The Labute approximate surface area is 137 Å². The number of benzene rings is 1. The highest BCUT2D eigenvalue weighted by molar-refractivity contribution is 5.89. The van der Waals surface area contributed by atoms with Crippen molar-refractivity contribution in [3.05, 3.63) is 47.7 Å². The van der Waals surface area contributed by atoms with E-state index in [1.807, 2.05) is 24.3 Å². The van der Waals surface area contributed by atoms with Gasteiger partial charge in [0, 0.05) is 5.56 Å². The molecule has 23 heavy (non-hydrogen) atoms. The lowest BCUT2D eigenvalue weighted by Gasteiger charge is -2.01. The van der Waals surface area contributed by atoms with Crippen molar-refractivity contribution in [2.24, 2.45) is 0 Å². The molecule has 4 heteroatoms. The molecular formula is C19H26NO3+. The summed E-state index contributed by atoms with van der Waals surface area (Å²) < 4.78 is 10.6. The number of unbranched alkanes of at least 4 members (excludes halogenated alkanes) is 3. The van der Waals surface area contributed by atoms with Crippen LogP contribution in [0.4, 0.5) is 0 Å². The van der Waals surface area contributed by atoms with Crippen LogP contribution in [-0.4, -0.2) is 19.6 Å². The van der Waals surface area contributed by atoms with Crippen LogP contribution in [0, 0.1) is 0 Å². The van der Waals surface area contributed by atoms with Gasteiger partial charge >= 0.3 is 5.97 Å². The number of hydrogen-bond donors (Lipinski definition) is 1. The Hall–Kier alpha value is -2.07. The van der Waals surface area contributed by atoms with Crippen molar-refractivity contribution in [3.8, 4) is 11.3 Å². The second-order valence-corrected chi connectivity index (χ2v) is 5.68. The number of esters is 1. The maximum Gasteiger partial charge on any atom is 0.337 e. The fourth-order valence-corrected chi connectivity index (χ4v) is 2.49. The molecule has 1 aromatic heterocycles. The largest absolute Gasteiger partial charge is 0.465 e. The fraction of sp³-hybridized carbons (Fsp3) is 0.421. The minimum atomic E-state index is -0.325. The van der Waals surface area contributed by atoms with Gasteiger partial charge in [-0.25, -0.2) is 4.79 Å². The van der Waals surface area contributed by atoms with Crippen LogP contribution in [0.15, 0.2) is 40.8 Å². The van der Waals surface area contributed by atoms with Gasteiger partial charge in [-0.05, 0) is 37.1 Å². The highest BCUT2D eigenvalue weighted by Gasteiger charge is 2.08. The van der Waals surface area contributed by atoms with Gasteiger partial charge < -0.3 is 14.5 Å². The molecule has 2 rings (SSSR count). The van der Waals surface area contributed by atoms with Crippen LogP contribution < -0.4 is 5.32 Å². The molecule has 0 atom stereocenters. The maximum atomic E-state index is 11.4. The zero-order chi connectivity index (χ0) is 16.5. The van der Waals surface area contributed by atoms with E-state index in [9.17, 15) is 4.79 Å². The van der Waals surface area contributed by atoms with Crippen molar-refractivity contribution >= 4 is 5.97 Å². The van der Waals surface area contributed by atoms with Gasteiger partial charge in [-0.3, -0.25) is 0 Å². The van der Waals surface area contributed by atoms with Crippen LogP contribution in [0.25, 0.3) is 11.3 Å². The van der Waals surface area contributed by atoms with E-state index in [-0.39, 0.29) is 5.97 Å². The van der Waals surface area contributed by atoms with Crippen molar-refractivity contribution in [3.63, 3.8) is 0 Å². The smallest absolute Gasteiger partial charge is 0.337 e. The average molecular weight is 316 g/mol. The number of carbonyl (C=O) groups is 1. The number of quaternary nitrogens is 1. The van der Waals surface area contributed by atoms with Crippen molar-refractivity contribution in [2.75, 3.05) is 13.7 Å². The molecule has 0 aliphatic rings. The van der Waals surface area contributed by atoms with E-state index in [1.54, 1.807) is 12.1 Å². The predicted octanol–water partition coefficient (Wildman–Crippen LogP) is 3.38. The first kappa shape index (κ1) is 17.3. The Balaban J connectivity index is 1.85. The zero-order valence-corrected chi connectivity index (χ0v) is 14.0. The summed E-state index contributed by atoms with van der Waals surface area (Å²) in [5, 5.41) is 2.29. The maximum absolute atomic E-state index is 11.4. The van der Waals surface area contributed by atoms with Crippen molar-refractivity contribution in [2.45, 2.75) is 39.2 Å². The van der Waals surface area contributed by atoms with Gasteiger partial charge in [0.25, 0.3) is 0 Å². The molecule has 0 radical (unpaired) electrons. The minimum Gasteiger partial charge on any atom is -0.465 e. The van der Waals surface area contributed by atoms with Crippen LogP contribution in [0.5, 0.6) is 0 Å². The first-order valence-electron chi connectivity index (χ1n) is 8.33. The van der Waals surface area contributed by atoms with E-state index in [1.165, 1.54) is 32.8 Å². The third-order valence-electron chi connectivity index (χ3n) is 3.86. The summed E-state index contributed by atoms with van der Waals surface area (Å²) in [5.41, 5.74) is 1.51. The van der Waals surface area contributed by atoms with Crippen LogP contribution in [0.2, 0.25) is 0 Å². The van der Waals surface area contributed by atoms with E-state index < -0.39 is 0 Å². The van der Waals surface area contributed by atoms with Gasteiger partial charge in [-0.2, -0.15) is 0 Å². The number of furan rings is 1. The summed E-state index contributed by atoms with van der Waals surface area (Å²) in [6.07, 6.45) is 5.16. The predicted molar refractivity (Wildman–Crippen MR) is 90.1 cm³/mol. The third kappa shape index (κ3) is 5.25. The van der Waals surface area contributed by atoms with Gasteiger partial charge in [0.05, 0.1) is 19.2 Å². The molecule has 1 heterocycles. The summed E-state index contributed by atoms with van der Waals surface area (Å²) in [7, 11) is 1.38. The molecule has 124 valence electrons. The second kappa shape index (κ2) is 9.16. The van der Waals surface area contributed by atoms with E-state index in [2.05, 4.69) is 12.2 Å². The first-order chi connectivity index (χ1) is 11.2. The normalized spacial score (nSPS) is 10.7. The molecule has 0 saturated carbocycles. The lowest BCUT2D eigenvalue weighted by Crippen LogP contribution is -2.82. The Morgan fingerprint density at radius 3 is 2.57 bits per heavy atom. The Kier molecular flexibility index (Phi) is 6.88. The molecule has 1 aromatic carbocycles. The van der Waals surface area contributed by atoms with Crippen molar-refractivity contribution in [1.29, 1.82) is 0 Å². The van der Waals surface area contributed by atoms with Gasteiger partial charge in [0.15, 0.2) is 5.76 Å². The van der Waals surface area contributed by atoms with Gasteiger partial charge in [0.2, 0.25) is 0 Å². The average Bonchev–Trinajstić information content (AvgIpc) is 3.06. The van der Waals surface area contributed by atoms with Gasteiger partial charge in [0.1, 0.15) is 12.3 Å². The lowest BCUT2D eigenvalue weighted by molar-refractivity contribution is -0.672. The number of hydrogen-bond acceptors (Lipinski definition) is 3. The fourth-order valence-electron chi connectivity index (χ4n) is 2.49. The zero-order valence-electron chi connectivity index (χ0n) is 14.0. The number of ether oxygens (including phenoxy) is 1. The Bertz CT molecular complexity index is 601. The topological polar surface area (TPSA) is 56.0 Å². The molecule has 0 spiro atoms. The molecule has 0 aliphatic carbocycles. The SMILES string of the molecule is CCCCCC[NH2+]Cc1ccc(-c2ccc(C(=O)OC)cc2)o1. The van der Waals surface area contributed by atoms with E-state index in [4.69, 9.17) is 9.15 Å². The van der Waals surface area contributed by atoms with E-state index in [0.717, 1.165) is 30.2 Å². The molecule has 0 unspecified atom stereocenters. The number of nitrogens with two attached hydrogens (primary N) is 1. The second-order valence-electron chi connectivity index (χ2n) is 5.68. The van der Waals surface area contributed by atoms with Crippen LogP contribution in [0.3, 0.4) is 0 Å². The van der Waals surface area contributed by atoms with Crippen LogP contribution in [0.1, 0.15) is 48.7 Å². The monoisotopic (exact) mass is 316 g/mol. The molecule has 0 amide bonds. The minimum absolute atomic E-state index is 0.325. The molecule has 0 saturated heterocycles. The summed E-state index contributed by atoms with van der Waals surface area (Å²) in [4.78, 5) is 11.4. The lowest BCUT2D eigenvalue weighted by atomic mass is 10.1. The standard InChI is InChI=1S/C19H25NO3/c1-3-4-5-6-13-20-14-17-11-12-18(23-17)15-7-9-16(10-8-15)19(21)22-2/h7-12,20H,3-6,13-14H2,1-2H3/p+1. The van der Waals surface area contributed by atoms with Crippen LogP contribution >= 0.6 is 0 Å². The van der Waals surface area contributed by atoms with Crippen molar-refractivity contribution < 1.29 is 19.3 Å². The molecular weight excluding hydrogens is 290 g/mol. The molecule has 2 aromatic rings. The molecule has 0 fully saturated rings. The molecule has 2 N–H and O–H groups in total. The number of rotatable bonds is 9. The third-order valence-corrected chi connectivity index (χ3v) is 3.86. The molecule has 0 bridgehead atoms. The number of methoxy groups -OCH3 is 1. The first-order valence-corrected chi connectivity index (χ1v) is 8.33. The molecule has 4 nitrogen and oxygen atoms in total. The summed E-state index contributed by atoms with van der Waals surface area (Å²) >= 11 is 0. The Morgan fingerprint density at radius 1 is 1.09 bits per heavy atom. The van der Waals surface area contributed by atoms with E-state index >= 15 is 0 Å². The van der Waals surface area contributed by atoms with Crippen molar-refractivity contribution in [1.82, 2.24) is 0 Å². The van der Waals surface area contributed by atoms with E-state index in [0.29, 0.717) is 5.56 Å². The number of carbonyl (C=O) groups excluding carboxylic acids is 1.